The standard InChI is InChI=1S/C21H19F3N4O4/c1-11-2-5-14(7-22)26-10-28(11)27-9-15(18(29)19(30)17(27)21(26)32)20(31)25-8-12-3-4-13(23)6-16(12)24/h2-6,9,11,14,30H,7-8,10H2,1H3,(H,25,31)/t11-,14-/m0/s1. The molecule has 2 aliphatic heterocycles. The second-order valence-electron chi connectivity index (χ2n) is 7.54. The normalized spacial score (nSPS) is 19.6. The van der Waals surface area contributed by atoms with Gasteiger partial charge in [-0.3, -0.25) is 24.1 Å². The Labute approximate surface area is 180 Å². The van der Waals surface area contributed by atoms with Crippen molar-refractivity contribution in [1.29, 1.82) is 0 Å². The summed E-state index contributed by atoms with van der Waals surface area (Å²) in [6.45, 7) is 0.564. The summed E-state index contributed by atoms with van der Waals surface area (Å²) >= 11 is 0. The molecule has 1 aromatic heterocycles. The van der Waals surface area contributed by atoms with Crippen LogP contribution in [0.5, 0.6) is 5.75 Å². The number of hydrogen-bond donors (Lipinski definition) is 2. The maximum absolute atomic E-state index is 13.8. The zero-order chi connectivity index (χ0) is 23.2. The van der Waals surface area contributed by atoms with E-state index in [1.165, 1.54) is 15.7 Å². The quantitative estimate of drug-likeness (QED) is 0.690. The van der Waals surface area contributed by atoms with Gasteiger partial charge in [0.1, 0.15) is 30.5 Å². The molecular formula is C21H19F3N4O4. The number of halogens is 3. The Hall–Kier alpha value is -3.76. The summed E-state index contributed by atoms with van der Waals surface area (Å²) in [6, 6.07) is 1.64. The lowest BCUT2D eigenvalue weighted by molar-refractivity contribution is 0.0617. The summed E-state index contributed by atoms with van der Waals surface area (Å²) in [6.07, 6.45) is 4.33. The molecule has 3 heterocycles. The minimum absolute atomic E-state index is 0.00334. The minimum Gasteiger partial charge on any atom is -0.502 e. The lowest BCUT2D eigenvalue weighted by Gasteiger charge is -2.41. The van der Waals surface area contributed by atoms with Crippen LogP contribution in [0, 0.1) is 11.6 Å². The number of aromatic nitrogens is 1. The van der Waals surface area contributed by atoms with Gasteiger partial charge in [-0.2, -0.15) is 0 Å². The summed E-state index contributed by atoms with van der Waals surface area (Å²) in [4.78, 5) is 39.4. The van der Waals surface area contributed by atoms with E-state index in [0.29, 0.717) is 6.07 Å². The van der Waals surface area contributed by atoms with Gasteiger partial charge in [0.05, 0.1) is 12.1 Å². The van der Waals surface area contributed by atoms with Crippen LogP contribution in [0.4, 0.5) is 13.2 Å². The van der Waals surface area contributed by atoms with Crippen molar-refractivity contribution in [3.63, 3.8) is 0 Å². The molecule has 4 rings (SSSR count). The largest absolute Gasteiger partial charge is 0.502 e. The Morgan fingerprint density at radius 3 is 2.69 bits per heavy atom. The molecule has 32 heavy (non-hydrogen) atoms. The van der Waals surface area contributed by atoms with E-state index in [9.17, 15) is 32.7 Å². The average Bonchev–Trinajstić information content (AvgIpc) is 2.90. The summed E-state index contributed by atoms with van der Waals surface area (Å²) in [5.74, 6) is -4.26. The van der Waals surface area contributed by atoms with Crippen molar-refractivity contribution < 1.29 is 27.9 Å². The van der Waals surface area contributed by atoms with E-state index in [1.807, 2.05) is 0 Å². The first-order valence-electron chi connectivity index (χ1n) is 9.75. The van der Waals surface area contributed by atoms with E-state index in [2.05, 4.69) is 5.32 Å². The van der Waals surface area contributed by atoms with Gasteiger partial charge in [-0.1, -0.05) is 18.2 Å². The molecule has 2 N–H and O–H groups in total. The zero-order valence-corrected chi connectivity index (χ0v) is 16.9. The molecule has 0 saturated carbocycles. The van der Waals surface area contributed by atoms with Crippen molar-refractivity contribution >= 4 is 11.8 Å². The van der Waals surface area contributed by atoms with E-state index >= 15 is 0 Å². The van der Waals surface area contributed by atoms with Gasteiger partial charge < -0.3 is 15.3 Å². The van der Waals surface area contributed by atoms with E-state index in [-0.39, 0.29) is 30.5 Å². The number of alkyl halides is 1. The maximum Gasteiger partial charge on any atom is 0.278 e. The highest BCUT2D eigenvalue weighted by molar-refractivity contribution is 5.99. The Morgan fingerprint density at radius 2 is 2.00 bits per heavy atom. The highest BCUT2D eigenvalue weighted by Gasteiger charge is 2.39. The number of pyridine rings is 1. The van der Waals surface area contributed by atoms with Crippen molar-refractivity contribution in [2.24, 2.45) is 0 Å². The fraction of sp³-hybridized carbons (Fsp3) is 0.286. The third-order valence-corrected chi connectivity index (χ3v) is 5.54. The van der Waals surface area contributed by atoms with Crippen LogP contribution in [0.2, 0.25) is 0 Å². The number of nitrogens with zero attached hydrogens (tertiary/aromatic N) is 3. The summed E-state index contributed by atoms with van der Waals surface area (Å²) < 4.78 is 41.5. The fourth-order valence-corrected chi connectivity index (χ4v) is 3.72. The number of benzene rings is 1. The molecule has 8 nitrogen and oxygen atoms in total. The second kappa shape index (κ2) is 8.06. The van der Waals surface area contributed by atoms with Crippen molar-refractivity contribution in [1.82, 2.24) is 14.9 Å². The molecule has 0 saturated heterocycles. The zero-order valence-electron chi connectivity index (χ0n) is 16.9. The van der Waals surface area contributed by atoms with Gasteiger partial charge in [-0.05, 0) is 13.0 Å². The highest BCUT2D eigenvalue weighted by Crippen LogP contribution is 2.26. The molecule has 0 radical (unpaired) electrons. The lowest BCUT2D eigenvalue weighted by Crippen LogP contribution is -2.58. The SMILES string of the molecule is C[C@H]1C=C[C@@H](CF)N2CN1n1cc(C(=O)NCc3ccc(F)cc3F)c(=O)c(O)c1C2=O. The molecule has 2 atom stereocenters. The van der Waals surface area contributed by atoms with Gasteiger partial charge in [0, 0.05) is 24.4 Å². The van der Waals surface area contributed by atoms with Crippen LogP contribution in [0.25, 0.3) is 0 Å². The predicted molar refractivity (Wildman–Crippen MR) is 108 cm³/mol. The van der Waals surface area contributed by atoms with Crippen LogP contribution in [0.15, 0.2) is 41.3 Å². The molecule has 2 amide bonds. The smallest absolute Gasteiger partial charge is 0.278 e. The van der Waals surface area contributed by atoms with Crippen molar-refractivity contribution in [2.75, 3.05) is 18.4 Å². The maximum atomic E-state index is 13.8. The molecular weight excluding hydrogens is 429 g/mol. The lowest BCUT2D eigenvalue weighted by atomic mass is 10.1. The second-order valence-corrected chi connectivity index (χ2v) is 7.54. The van der Waals surface area contributed by atoms with Gasteiger partial charge in [0.25, 0.3) is 11.8 Å². The van der Waals surface area contributed by atoms with Gasteiger partial charge in [0.2, 0.25) is 5.43 Å². The van der Waals surface area contributed by atoms with Crippen molar-refractivity contribution in [2.45, 2.75) is 25.6 Å². The Kier molecular flexibility index (Phi) is 5.41. The predicted octanol–water partition coefficient (Wildman–Crippen LogP) is 1.41. The summed E-state index contributed by atoms with van der Waals surface area (Å²) in [5.41, 5.74) is -1.95. The van der Waals surface area contributed by atoms with Crippen molar-refractivity contribution in [3.8, 4) is 5.75 Å². The Balaban J connectivity index is 1.70. The van der Waals surface area contributed by atoms with Crippen LogP contribution in [0.1, 0.15) is 33.3 Å². The molecule has 1 aromatic carbocycles. The molecule has 11 heteroatoms. The topological polar surface area (TPSA) is 94.9 Å². The van der Waals surface area contributed by atoms with Gasteiger partial charge >= 0.3 is 0 Å². The van der Waals surface area contributed by atoms with E-state index < -0.39 is 52.9 Å². The molecule has 0 unspecified atom stereocenters. The van der Waals surface area contributed by atoms with Gasteiger partial charge in [0.15, 0.2) is 11.4 Å². The minimum atomic E-state index is -1.10. The van der Waals surface area contributed by atoms with Crippen LogP contribution < -0.4 is 15.8 Å². The number of fused-ring (bicyclic) bond motifs is 4. The number of aromatic hydroxyl groups is 1. The monoisotopic (exact) mass is 448 g/mol. The van der Waals surface area contributed by atoms with Crippen molar-refractivity contribution in [3.05, 3.63) is 75.2 Å². The summed E-state index contributed by atoms with van der Waals surface area (Å²) in [7, 11) is 0. The first-order valence-corrected chi connectivity index (χ1v) is 9.75. The number of rotatable bonds is 4. The molecule has 0 spiro atoms. The van der Waals surface area contributed by atoms with Gasteiger partial charge in [-0.25, -0.2) is 13.2 Å². The Morgan fingerprint density at radius 1 is 1.25 bits per heavy atom. The summed E-state index contributed by atoms with van der Waals surface area (Å²) in [5, 5.41) is 14.4. The fourth-order valence-electron chi connectivity index (χ4n) is 3.72. The van der Waals surface area contributed by atoms with Crippen LogP contribution >= 0.6 is 0 Å². The highest BCUT2D eigenvalue weighted by atomic mass is 19.1. The third kappa shape index (κ3) is 3.49. The first kappa shape index (κ1) is 21.5. The van der Waals surface area contributed by atoms with Gasteiger partial charge in [-0.15, -0.1) is 0 Å². The number of amides is 2. The number of hydrogen-bond acceptors (Lipinski definition) is 5. The number of carbonyl (C=O) groups is 2. The molecule has 0 aliphatic carbocycles. The molecule has 0 fully saturated rings. The van der Waals surface area contributed by atoms with Crippen LogP contribution in [-0.4, -0.2) is 51.9 Å². The number of carbonyl (C=O) groups excluding carboxylic acids is 2. The molecule has 2 bridgehead atoms. The Bertz CT molecular complexity index is 1200. The van der Waals surface area contributed by atoms with E-state index in [4.69, 9.17) is 0 Å². The molecule has 168 valence electrons. The van der Waals surface area contributed by atoms with Crippen LogP contribution in [0.3, 0.4) is 0 Å². The average molecular weight is 448 g/mol. The number of nitrogens with one attached hydrogen (secondary N) is 1. The van der Waals surface area contributed by atoms with Crippen LogP contribution in [-0.2, 0) is 6.54 Å². The van der Waals surface area contributed by atoms with E-state index in [1.54, 1.807) is 18.0 Å². The van der Waals surface area contributed by atoms with E-state index in [0.717, 1.165) is 18.3 Å². The first-order chi connectivity index (χ1) is 15.2. The third-order valence-electron chi connectivity index (χ3n) is 5.54. The molecule has 2 aliphatic rings. The molecule has 2 aromatic rings.